The van der Waals surface area contributed by atoms with E-state index in [9.17, 15) is 9.59 Å². The van der Waals surface area contributed by atoms with Gasteiger partial charge in [-0.05, 0) is 77.9 Å². The van der Waals surface area contributed by atoms with Gasteiger partial charge in [0.25, 0.3) is 0 Å². The minimum absolute atomic E-state index is 0.162. The molecule has 1 aliphatic heterocycles. The molecule has 8 nitrogen and oxygen atoms in total. The van der Waals surface area contributed by atoms with Crippen LogP contribution in [0.15, 0.2) is 59.6 Å². The zero-order valence-corrected chi connectivity index (χ0v) is 20.0. The highest BCUT2D eigenvalue weighted by atomic mass is 16.6. The van der Waals surface area contributed by atoms with Crippen LogP contribution in [-0.4, -0.2) is 52.2 Å². The van der Waals surface area contributed by atoms with Gasteiger partial charge < -0.3 is 14.2 Å². The van der Waals surface area contributed by atoms with Crippen LogP contribution in [0.25, 0.3) is 0 Å². The number of benzene rings is 2. The Hall–Kier alpha value is -3.55. The molecule has 3 rings (SSSR count). The second-order valence-corrected chi connectivity index (χ2v) is 9.58. The molecule has 0 aliphatic carbocycles. The molecule has 0 bridgehead atoms. The van der Waals surface area contributed by atoms with E-state index in [1.165, 1.54) is 9.80 Å². The van der Waals surface area contributed by atoms with Crippen LogP contribution >= 0.6 is 0 Å². The lowest BCUT2D eigenvalue weighted by atomic mass is 10.2. The van der Waals surface area contributed by atoms with Crippen molar-refractivity contribution in [2.75, 3.05) is 13.1 Å². The molecule has 0 spiro atoms. The number of nitrogens with zero attached hydrogens (tertiary/aromatic N) is 3. The molecule has 1 heterocycles. The van der Waals surface area contributed by atoms with E-state index < -0.39 is 23.4 Å². The summed E-state index contributed by atoms with van der Waals surface area (Å²) in [5.74, 6) is 1.53. The van der Waals surface area contributed by atoms with Crippen LogP contribution in [-0.2, 0) is 9.47 Å². The SMILES string of the molecule is CC(C)(C)OC(=O)N1CCN(C(=O)OC(C)(C)C)C1=Nc1ccc(Oc2ccccc2)cc1. The predicted molar refractivity (Wildman–Crippen MR) is 126 cm³/mol. The van der Waals surface area contributed by atoms with Crippen LogP contribution in [0.2, 0.25) is 0 Å². The molecule has 8 heteroatoms. The Bertz CT molecular complexity index is 967. The van der Waals surface area contributed by atoms with Crippen LogP contribution < -0.4 is 4.74 Å². The first-order chi connectivity index (χ1) is 15.4. The topological polar surface area (TPSA) is 80.7 Å². The molecule has 176 valence electrons. The Morgan fingerprint density at radius 3 is 1.64 bits per heavy atom. The van der Waals surface area contributed by atoms with Gasteiger partial charge in [-0.2, -0.15) is 0 Å². The largest absolute Gasteiger partial charge is 0.457 e. The highest BCUT2D eigenvalue weighted by Gasteiger charge is 2.39. The van der Waals surface area contributed by atoms with Crippen molar-refractivity contribution >= 4 is 23.8 Å². The first kappa shape index (κ1) is 24.1. The second kappa shape index (κ2) is 9.52. The maximum Gasteiger partial charge on any atom is 0.417 e. The number of rotatable bonds is 3. The number of guanidine groups is 1. The number of hydrogen-bond acceptors (Lipinski definition) is 6. The van der Waals surface area contributed by atoms with E-state index in [4.69, 9.17) is 14.2 Å². The molecular formula is C25H31N3O5. The maximum atomic E-state index is 12.8. The molecule has 0 unspecified atom stereocenters. The standard InChI is InChI=1S/C25H31N3O5/c1-24(2,3)32-22(29)27-16-17-28(23(30)33-25(4,5)6)21(27)26-18-12-14-20(15-13-18)31-19-10-8-7-9-11-19/h7-15H,16-17H2,1-6H3. The molecule has 0 aromatic heterocycles. The van der Waals surface area contributed by atoms with Crippen molar-refractivity contribution in [3.63, 3.8) is 0 Å². The van der Waals surface area contributed by atoms with Gasteiger partial charge in [-0.1, -0.05) is 18.2 Å². The van der Waals surface area contributed by atoms with Gasteiger partial charge in [0.15, 0.2) is 0 Å². The van der Waals surface area contributed by atoms with Gasteiger partial charge >= 0.3 is 12.2 Å². The van der Waals surface area contributed by atoms with Crippen molar-refractivity contribution < 1.29 is 23.8 Å². The van der Waals surface area contributed by atoms with Crippen LogP contribution in [0.1, 0.15) is 41.5 Å². The summed E-state index contributed by atoms with van der Waals surface area (Å²) < 4.78 is 16.8. The Kier molecular flexibility index (Phi) is 6.95. The zero-order valence-electron chi connectivity index (χ0n) is 20.0. The van der Waals surface area contributed by atoms with Crippen LogP contribution in [0, 0.1) is 0 Å². The number of aliphatic imine (C=N–C) groups is 1. The summed E-state index contributed by atoms with van der Waals surface area (Å²) in [6, 6.07) is 16.5. The normalized spacial score (nSPS) is 14.2. The van der Waals surface area contributed by atoms with Gasteiger partial charge in [0.05, 0.1) is 18.8 Å². The molecule has 0 atom stereocenters. The van der Waals surface area contributed by atoms with Gasteiger partial charge in [-0.15, -0.1) is 0 Å². The van der Waals surface area contributed by atoms with E-state index in [1.54, 1.807) is 65.8 Å². The van der Waals surface area contributed by atoms with Crippen molar-refractivity contribution in [1.82, 2.24) is 9.80 Å². The zero-order chi connectivity index (χ0) is 24.2. The third-order valence-corrected chi connectivity index (χ3v) is 4.30. The second-order valence-electron chi connectivity index (χ2n) is 9.58. The van der Waals surface area contributed by atoms with E-state index >= 15 is 0 Å². The number of carbonyl (C=O) groups excluding carboxylic acids is 2. The van der Waals surface area contributed by atoms with Crippen LogP contribution in [0.4, 0.5) is 15.3 Å². The summed E-state index contributed by atoms with van der Waals surface area (Å²) in [5, 5.41) is 0. The predicted octanol–water partition coefficient (Wildman–Crippen LogP) is 5.95. The quantitative estimate of drug-likeness (QED) is 0.573. The lowest BCUT2D eigenvalue weighted by Gasteiger charge is -2.27. The molecule has 1 fully saturated rings. The number of amides is 2. The Morgan fingerprint density at radius 2 is 1.18 bits per heavy atom. The number of ether oxygens (including phenoxy) is 3. The molecule has 33 heavy (non-hydrogen) atoms. The Labute approximate surface area is 194 Å². The number of carbonyl (C=O) groups is 2. The van der Waals surface area contributed by atoms with Crippen molar-refractivity contribution in [2.45, 2.75) is 52.7 Å². The number of para-hydroxylation sites is 1. The van der Waals surface area contributed by atoms with E-state index in [2.05, 4.69) is 4.99 Å². The highest BCUT2D eigenvalue weighted by Crippen LogP contribution is 2.26. The van der Waals surface area contributed by atoms with Crippen molar-refractivity contribution in [2.24, 2.45) is 4.99 Å². The molecule has 0 saturated carbocycles. The van der Waals surface area contributed by atoms with Gasteiger partial charge in [0.1, 0.15) is 22.7 Å². The first-order valence-corrected chi connectivity index (χ1v) is 10.8. The summed E-state index contributed by atoms with van der Waals surface area (Å²) in [6.07, 6.45) is -1.15. The molecule has 2 amide bonds. The molecular weight excluding hydrogens is 422 g/mol. The fourth-order valence-corrected chi connectivity index (χ4v) is 2.98. The smallest absolute Gasteiger partial charge is 0.417 e. The molecule has 0 radical (unpaired) electrons. The van der Waals surface area contributed by atoms with Crippen LogP contribution in [0.5, 0.6) is 11.5 Å². The van der Waals surface area contributed by atoms with Gasteiger partial charge in [0.2, 0.25) is 5.96 Å². The van der Waals surface area contributed by atoms with E-state index in [-0.39, 0.29) is 19.0 Å². The van der Waals surface area contributed by atoms with Crippen molar-refractivity contribution in [3.05, 3.63) is 54.6 Å². The molecule has 2 aromatic rings. The summed E-state index contributed by atoms with van der Waals surface area (Å²) in [4.78, 5) is 32.9. The third-order valence-electron chi connectivity index (χ3n) is 4.30. The monoisotopic (exact) mass is 453 g/mol. The van der Waals surface area contributed by atoms with Gasteiger partial charge in [0, 0.05) is 0 Å². The third kappa shape index (κ3) is 6.97. The van der Waals surface area contributed by atoms with E-state index in [0.717, 1.165) is 5.75 Å². The lowest BCUT2D eigenvalue weighted by Crippen LogP contribution is -2.44. The summed E-state index contributed by atoms with van der Waals surface area (Å²) >= 11 is 0. The summed E-state index contributed by atoms with van der Waals surface area (Å²) in [7, 11) is 0. The van der Waals surface area contributed by atoms with Gasteiger partial charge in [-0.3, -0.25) is 0 Å². The van der Waals surface area contributed by atoms with Crippen molar-refractivity contribution in [3.8, 4) is 11.5 Å². The summed E-state index contributed by atoms with van der Waals surface area (Å²) in [6.45, 7) is 11.2. The lowest BCUT2D eigenvalue weighted by molar-refractivity contribution is 0.0375. The first-order valence-electron chi connectivity index (χ1n) is 10.8. The molecule has 1 aliphatic rings. The van der Waals surface area contributed by atoms with Gasteiger partial charge in [-0.25, -0.2) is 24.4 Å². The molecule has 0 N–H and O–H groups in total. The van der Waals surface area contributed by atoms with E-state index in [1.807, 2.05) is 30.3 Å². The fourth-order valence-electron chi connectivity index (χ4n) is 2.98. The minimum atomic E-state index is -0.683. The molecule has 1 saturated heterocycles. The average Bonchev–Trinajstić information content (AvgIpc) is 3.11. The minimum Gasteiger partial charge on any atom is -0.457 e. The summed E-state index contributed by atoms with van der Waals surface area (Å²) in [5.41, 5.74) is -0.815. The highest BCUT2D eigenvalue weighted by molar-refractivity contribution is 6.04. The van der Waals surface area contributed by atoms with Crippen LogP contribution in [0.3, 0.4) is 0 Å². The fraction of sp³-hybridized carbons (Fsp3) is 0.400. The van der Waals surface area contributed by atoms with Crippen molar-refractivity contribution in [1.29, 1.82) is 0 Å². The Balaban J connectivity index is 1.86. The maximum absolute atomic E-state index is 12.8. The Morgan fingerprint density at radius 1 is 0.727 bits per heavy atom. The van der Waals surface area contributed by atoms with E-state index in [0.29, 0.717) is 11.4 Å². The average molecular weight is 454 g/mol. The molecule has 2 aromatic carbocycles. The number of hydrogen-bond donors (Lipinski definition) is 0.